The van der Waals surface area contributed by atoms with Crippen molar-refractivity contribution in [3.05, 3.63) is 16.1 Å². The number of hydrogen-bond donors (Lipinski definition) is 2. The molecule has 0 spiro atoms. The Balaban J connectivity index is 2.39. The number of carbonyl (C=O) groups is 1. The molecular formula is C11H19N3OS. The lowest BCUT2D eigenvalue weighted by atomic mass is 10.0. The first-order valence-electron chi connectivity index (χ1n) is 5.56. The molecule has 1 rings (SSSR count). The summed E-state index contributed by atoms with van der Waals surface area (Å²) in [5.41, 5.74) is 6.56. The normalized spacial score (nSPS) is 12.4. The van der Waals surface area contributed by atoms with Crippen LogP contribution in [-0.2, 0) is 11.3 Å². The van der Waals surface area contributed by atoms with Crippen LogP contribution >= 0.6 is 11.3 Å². The maximum Gasteiger partial charge on any atom is 0.224 e. The molecule has 1 heterocycles. The van der Waals surface area contributed by atoms with Gasteiger partial charge in [0.15, 0.2) is 0 Å². The third-order valence-corrected chi connectivity index (χ3v) is 3.34. The predicted octanol–water partition coefficient (Wildman–Crippen LogP) is 1.44. The van der Waals surface area contributed by atoms with Crippen LogP contribution in [0.2, 0.25) is 0 Å². The Morgan fingerprint density at radius 1 is 1.69 bits per heavy atom. The quantitative estimate of drug-likeness (QED) is 0.792. The zero-order chi connectivity index (χ0) is 12.0. The van der Waals surface area contributed by atoms with Crippen LogP contribution < -0.4 is 11.1 Å². The van der Waals surface area contributed by atoms with E-state index in [1.54, 1.807) is 11.3 Å². The average Bonchev–Trinajstić information content (AvgIpc) is 2.68. The zero-order valence-corrected chi connectivity index (χ0v) is 10.6. The molecule has 5 heteroatoms. The minimum Gasteiger partial charge on any atom is -0.349 e. The van der Waals surface area contributed by atoms with Gasteiger partial charge in [-0.3, -0.25) is 4.79 Å². The maximum atomic E-state index is 11.7. The van der Waals surface area contributed by atoms with Gasteiger partial charge in [-0.2, -0.15) is 0 Å². The number of aryl methyl sites for hydroxylation is 1. The summed E-state index contributed by atoms with van der Waals surface area (Å²) in [6.45, 7) is 4.93. The van der Waals surface area contributed by atoms with Crippen molar-refractivity contribution in [2.24, 2.45) is 11.7 Å². The first kappa shape index (κ1) is 13.1. The third kappa shape index (κ3) is 3.90. The number of thiazole rings is 1. The Hall–Kier alpha value is -0.940. The Labute approximate surface area is 100 Å². The minimum atomic E-state index is -0.0638. The van der Waals surface area contributed by atoms with Gasteiger partial charge < -0.3 is 11.1 Å². The summed E-state index contributed by atoms with van der Waals surface area (Å²) < 4.78 is 0. The predicted molar refractivity (Wildman–Crippen MR) is 66.2 cm³/mol. The van der Waals surface area contributed by atoms with Crippen LogP contribution in [0.3, 0.4) is 0 Å². The van der Waals surface area contributed by atoms with Crippen LogP contribution in [0, 0.1) is 12.8 Å². The molecule has 0 saturated heterocycles. The first-order chi connectivity index (χ1) is 7.67. The van der Waals surface area contributed by atoms with E-state index in [9.17, 15) is 4.79 Å². The minimum absolute atomic E-state index is 0.0391. The molecule has 0 aliphatic heterocycles. The van der Waals surface area contributed by atoms with Gasteiger partial charge in [0.1, 0.15) is 5.01 Å². The van der Waals surface area contributed by atoms with Crippen molar-refractivity contribution in [1.29, 1.82) is 0 Å². The summed E-state index contributed by atoms with van der Waals surface area (Å²) in [5.74, 6) is -0.0248. The average molecular weight is 241 g/mol. The molecule has 3 N–H and O–H groups in total. The maximum absolute atomic E-state index is 11.7. The van der Waals surface area contributed by atoms with Crippen molar-refractivity contribution in [1.82, 2.24) is 10.3 Å². The van der Waals surface area contributed by atoms with Gasteiger partial charge >= 0.3 is 0 Å². The fourth-order valence-corrected chi connectivity index (χ4v) is 2.21. The number of nitrogens with zero attached hydrogens (tertiary/aromatic N) is 1. The van der Waals surface area contributed by atoms with Crippen LogP contribution in [0.25, 0.3) is 0 Å². The van der Waals surface area contributed by atoms with Gasteiger partial charge in [0.05, 0.1) is 12.5 Å². The van der Waals surface area contributed by atoms with E-state index in [-0.39, 0.29) is 11.8 Å². The van der Waals surface area contributed by atoms with E-state index in [1.807, 2.05) is 12.3 Å². The van der Waals surface area contributed by atoms with Crippen LogP contribution in [0.15, 0.2) is 5.38 Å². The molecule has 1 atom stereocenters. The van der Waals surface area contributed by atoms with Gasteiger partial charge in [0.2, 0.25) is 5.91 Å². The summed E-state index contributed by atoms with van der Waals surface area (Å²) in [5, 5.41) is 5.80. The lowest BCUT2D eigenvalue weighted by Crippen LogP contribution is -2.34. The van der Waals surface area contributed by atoms with Crippen molar-refractivity contribution in [2.45, 2.75) is 33.2 Å². The van der Waals surface area contributed by atoms with Crippen molar-refractivity contribution < 1.29 is 4.79 Å². The highest BCUT2D eigenvalue weighted by molar-refractivity contribution is 7.09. The summed E-state index contributed by atoms with van der Waals surface area (Å²) in [7, 11) is 0. The Morgan fingerprint density at radius 2 is 2.44 bits per heavy atom. The topological polar surface area (TPSA) is 68.0 Å². The molecule has 1 unspecified atom stereocenters. The zero-order valence-electron chi connectivity index (χ0n) is 9.82. The van der Waals surface area contributed by atoms with Crippen molar-refractivity contribution in [2.75, 3.05) is 6.54 Å². The number of nitrogens with one attached hydrogen (secondary N) is 1. The van der Waals surface area contributed by atoms with Gasteiger partial charge in [0.25, 0.3) is 0 Å². The van der Waals surface area contributed by atoms with Gasteiger partial charge in [-0.25, -0.2) is 4.98 Å². The number of rotatable bonds is 6. The van der Waals surface area contributed by atoms with Crippen molar-refractivity contribution in [3.63, 3.8) is 0 Å². The van der Waals surface area contributed by atoms with E-state index < -0.39 is 0 Å². The van der Waals surface area contributed by atoms with Gasteiger partial charge in [0, 0.05) is 17.6 Å². The highest BCUT2D eigenvalue weighted by atomic mass is 32.1. The van der Waals surface area contributed by atoms with E-state index in [0.717, 1.165) is 23.5 Å². The third-order valence-electron chi connectivity index (χ3n) is 2.37. The summed E-state index contributed by atoms with van der Waals surface area (Å²) >= 11 is 1.57. The summed E-state index contributed by atoms with van der Waals surface area (Å²) in [6, 6.07) is 0. The van der Waals surface area contributed by atoms with Crippen LogP contribution in [0.5, 0.6) is 0 Å². The van der Waals surface area contributed by atoms with Crippen LogP contribution in [0.4, 0.5) is 0 Å². The van der Waals surface area contributed by atoms with Gasteiger partial charge in [-0.1, -0.05) is 13.3 Å². The lowest BCUT2D eigenvalue weighted by Gasteiger charge is -2.12. The Bertz CT molecular complexity index is 338. The second-order valence-electron chi connectivity index (χ2n) is 3.82. The molecule has 4 nitrogen and oxygen atoms in total. The monoisotopic (exact) mass is 241 g/mol. The summed E-state index contributed by atoms with van der Waals surface area (Å²) in [4.78, 5) is 16.0. The number of nitrogens with two attached hydrogens (primary N) is 1. The number of carbonyl (C=O) groups excluding carboxylic acids is 1. The largest absolute Gasteiger partial charge is 0.349 e. The number of amides is 1. The molecule has 0 fully saturated rings. The van der Waals surface area contributed by atoms with Crippen molar-refractivity contribution in [3.8, 4) is 0 Å². The van der Waals surface area contributed by atoms with Crippen LogP contribution in [0.1, 0.15) is 30.5 Å². The fourth-order valence-electron chi connectivity index (χ4n) is 1.50. The number of hydrogen-bond acceptors (Lipinski definition) is 4. The number of aromatic nitrogens is 1. The molecule has 90 valence electrons. The van der Waals surface area contributed by atoms with Crippen molar-refractivity contribution >= 4 is 17.2 Å². The molecule has 1 aromatic rings. The lowest BCUT2D eigenvalue weighted by molar-refractivity contribution is -0.125. The molecule has 0 aliphatic rings. The van der Waals surface area contributed by atoms with Gasteiger partial charge in [-0.15, -0.1) is 11.3 Å². The molecular weight excluding hydrogens is 222 g/mol. The molecule has 0 bridgehead atoms. The SMILES string of the molecule is CCCC(CN)C(=O)NCc1nc(C)cs1. The van der Waals surface area contributed by atoms with E-state index in [0.29, 0.717) is 13.1 Å². The second kappa shape index (κ2) is 6.60. The van der Waals surface area contributed by atoms with Crippen LogP contribution in [-0.4, -0.2) is 17.4 Å². The second-order valence-corrected chi connectivity index (χ2v) is 4.76. The van der Waals surface area contributed by atoms with E-state index in [4.69, 9.17) is 5.73 Å². The molecule has 0 radical (unpaired) electrons. The molecule has 0 aromatic carbocycles. The summed E-state index contributed by atoms with van der Waals surface area (Å²) in [6.07, 6.45) is 1.82. The Morgan fingerprint density at radius 3 is 2.94 bits per heavy atom. The Kier molecular flexibility index (Phi) is 5.42. The van der Waals surface area contributed by atoms with E-state index in [1.165, 1.54) is 0 Å². The molecule has 1 amide bonds. The highest BCUT2D eigenvalue weighted by Crippen LogP contribution is 2.09. The first-order valence-corrected chi connectivity index (χ1v) is 6.44. The molecule has 1 aromatic heterocycles. The molecule has 16 heavy (non-hydrogen) atoms. The smallest absolute Gasteiger partial charge is 0.224 e. The van der Waals surface area contributed by atoms with E-state index in [2.05, 4.69) is 17.2 Å². The van der Waals surface area contributed by atoms with E-state index >= 15 is 0 Å². The standard InChI is InChI=1S/C11H19N3OS/c1-3-4-9(5-12)11(15)13-6-10-14-8(2)7-16-10/h7,9H,3-6,12H2,1-2H3,(H,13,15). The highest BCUT2D eigenvalue weighted by Gasteiger charge is 2.15. The molecule has 0 saturated carbocycles. The fraction of sp³-hybridized carbons (Fsp3) is 0.636. The molecule has 0 aliphatic carbocycles. The van der Waals surface area contributed by atoms with Gasteiger partial charge in [-0.05, 0) is 13.3 Å².